The summed E-state index contributed by atoms with van der Waals surface area (Å²) in [7, 11) is 3.26. The lowest BCUT2D eigenvalue weighted by molar-refractivity contribution is 0.414. The Morgan fingerprint density at radius 3 is 2.17 bits per heavy atom. The number of benzene rings is 3. The summed E-state index contributed by atoms with van der Waals surface area (Å²) in [6, 6.07) is 22.4. The quantitative estimate of drug-likeness (QED) is 0.695. The third kappa shape index (κ3) is 3.60. The first-order valence-electron chi connectivity index (χ1n) is 9.13. The Balaban J connectivity index is 1.80. The van der Waals surface area contributed by atoms with Gasteiger partial charge in [-0.2, -0.15) is 10.2 Å². The maximum Gasteiger partial charge on any atom is 0.144 e. The van der Waals surface area contributed by atoms with Crippen molar-refractivity contribution in [2.75, 3.05) is 24.3 Å². The molecule has 0 fully saturated rings. The molecule has 6 heteroatoms. The summed E-state index contributed by atoms with van der Waals surface area (Å²) < 4.78 is 10.8. The number of nitrogens with zero attached hydrogens (tertiary/aromatic N) is 3. The van der Waals surface area contributed by atoms with Crippen LogP contribution < -0.4 is 19.6 Å². The zero-order valence-corrected chi connectivity index (χ0v) is 16.2. The number of hydrazine groups is 1. The second kappa shape index (κ2) is 7.98. The predicted octanol–water partition coefficient (Wildman–Crippen LogP) is 4.57. The fourth-order valence-electron chi connectivity index (χ4n) is 3.11. The molecule has 1 N–H and O–H groups in total. The van der Waals surface area contributed by atoms with Crippen molar-refractivity contribution >= 4 is 17.1 Å². The van der Waals surface area contributed by atoms with Crippen LogP contribution in [0.25, 0.3) is 0 Å². The highest BCUT2D eigenvalue weighted by Crippen LogP contribution is 2.36. The van der Waals surface area contributed by atoms with Gasteiger partial charge in [-0.25, -0.2) is 5.01 Å². The topological polar surface area (TPSA) is 57.5 Å². The first-order valence-corrected chi connectivity index (χ1v) is 9.13. The van der Waals surface area contributed by atoms with E-state index in [2.05, 4.69) is 0 Å². The van der Waals surface area contributed by atoms with Crippen LogP contribution in [0.5, 0.6) is 17.2 Å². The fraction of sp³-hybridized carbons (Fsp3) is 0.0870. The van der Waals surface area contributed by atoms with Gasteiger partial charge < -0.3 is 14.6 Å². The lowest BCUT2D eigenvalue weighted by atomic mass is 10.1. The number of methoxy groups -OCH3 is 2. The summed E-state index contributed by atoms with van der Waals surface area (Å²) in [6.45, 7) is 0. The van der Waals surface area contributed by atoms with Gasteiger partial charge in [0.25, 0.3) is 0 Å². The standard InChI is InChI=1S/C23H21N3O3/c1-28-18-13-11-17(12-14-18)19-15-16-25(21-8-4-6-10-23(21)29-2)26(24-19)20-7-3-5-9-22(20)27/h3-16,27H,1-2H3. The van der Waals surface area contributed by atoms with Crippen LogP contribution >= 0.6 is 0 Å². The molecule has 1 aliphatic heterocycles. The largest absolute Gasteiger partial charge is 0.506 e. The van der Waals surface area contributed by atoms with Crippen molar-refractivity contribution < 1.29 is 14.6 Å². The Morgan fingerprint density at radius 1 is 0.793 bits per heavy atom. The number of rotatable bonds is 5. The summed E-state index contributed by atoms with van der Waals surface area (Å²) in [5, 5.41) is 18.8. The molecule has 146 valence electrons. The Morgan fingerprint density at radius 2 is 1.48 bits per heavy atom. The monoisotopic (exact) mass is 387 g/mol. The fourth-order valence-corrected chi connectivity index (χ4v) is 3.11. The molecule has 0 amide bonds. The Kier molecular flexibility index (Phi) is 5.07. The van der Waals surface area contributed by atoms with Gasteiger partial charge in [-0.3, -0.25) is 0 Å². The van der Waals surface area contributed by atoms with E-state index >= 15 is 0 Å². The number of anilines is 2. The van der Waals surface area contributed by atoms with Crippen molar-refractivity contribution in [3.8, 4) is 17.2 Å². The van der Waals surface area contributed by atoms with Crippen molar-refractivity contribution in [1.29, 1.82) is 0 Å². The van der Waals surface area contributed by atoms with Gasteiger partial charge in [-0.05, 0) is 54.6 Å². The van der Waals surface area contributed by atoms with E-state index in [4.69, 9.17) is 14.6 Å². The number of phenols is 1. The predicted molar refractivity (Wildman–Crippen MR) is 115 cm³/mol. The molecule has 1 aliphatic rings. The number of hydrogen-bond donors (Lipinski definition) is 1. The highest BCUT2D eigenvalue weighted by atomic mass is 16.5. The van der Waals surface area contributed by atoms with E-state index < -0.39 is 0 Å². The molecular formula is C23H21N3O3. The molecule has 0 radical (unpaired) electrons. The average Bonchev–Trinajstić information content (AvgIpc) is 2.79. The van der Waals surface area contributed by atoms with Gasteiger partial charge in [0.2, 0.25) is 0 Å². The molecule has 0 bridgehead atoms. The molecule has 0 spiro atoms. The van der Waals surface area contributed by atoms with E-state index in [0.29, 0.717) is 11.4 Å². The highest BCUT2D eigenvalue weighted by molar-refractivity contribution is 6.10. The van der Waals surface area contributed by atoms with Gasteiger partial charge in [0.15, 0.2) is 0 Å². The maximum absolute atomic E-state index is 10.5. The van der Waals surface area contributed by atoms with Crippen LogP contribution in [0.4, 0.5) is 11.4 Å². The minimum atomic E-state index is 0.125. The van der Waals surface area contributed by atoms with Gasteiger partial charge in [-0.1, -0.05) is 24.3 Å². The van der Waals surface area contributed by atoms with Gasteiger partial charge in [0, 0.05) is 11.8 Å². The number of ether oxygens (including phenoxy) is 2. The second-order valence-electron chi connectivity index (χ2n) is 6.32. The van der Waals surface area contributed by atoms with E-state index in [1.54, 1.807) is 31.5 Å². The molecule has 4 rings (SSSR count). The minimum absolute atomic E-state index is 0.125. The first kappa shape index (κ1) is 18.4. The van der Waals surface area contributed by atoms with Crippen molar-refractivity contribution in [2.24, 2.45) is 5.10 Å². The van der Waals surface area contributed by atoms with Crippen LogP contribution in [0.2, 0.25) is 0 Å². The molecular weight excluding hydrogens is 366 g/mol. The van der Waals surface area contributed by atoms with E-state index in [1.807, 2.05) is 77.9 Å². The van der Waals surface area contributed by atoms with Gasteiger partial charge in [-0.15, -0.1) is 0 Å². The molecule has 0 saturated carbocycles. The van der Waals surface area contributed by atoms with Crippen LogP contribution in [-0.2, 0) is 0 Å². The molecule has 3 aromatic rings. The number of para-hydroxylation sites is 4. The SMILES string of the molecule is COc1ccc(C2=NN(c3ccccc3O)N(c3ccccc3OC)C=C2)cc1. The molecule has 0 unspecified atom stereocenters. The average molecular weight is 387 g/mol. The van der Waals surface area contributed by atoms with Crippen LogP contribution in [-0.4, -0.2) is 25.0 Å². The minimum Gasteiger partial charge on any atom is -0.506 e. The summed E-state index contributed by atoms with van der Waals surface area (Å²) in [6.07, 6.45) is 3.82. The number of hydrogen-bond acceptors (Lipinski definition) is 6. The van der Waals surface area contributed by atoms with Crippen molar-refractivity contribution in [3.63, 3.8) is 0 Å². The van der Waals surface area contributed by atoms with Crippen LogP contribution in [0.1, 0.15) is 5.56 Å². The molecule has 0 atom stereocenters. The summed E-state index contributed by atoms with van der Waals surface area (Å²) in [4.78, 5) is 0. The third-order valence-corrected chi connectivity index (χ3v) is 4.60. The highest BCUT2D eigenvalue weighted by Gasteiger charge is 2.24. The van der Waals surface area contributed by atoms with Gasteiger partial charge >= 0.3 is 0 Å². The number of hydrazone groups is 1. The zero-order valence-electron chi connectivity index (χ0n) is 16.2. The van der Waals surface area contributed by atoms with Crippen LogP contribution in [0.3, 0.4) is 0 Å². The molecule has 0 aliphatic carbocycles. The smallest absolute Gasteiger partial charge is 0.144 e. The summed E-state index contributed by atoms with van der Waals surface area (Å²) in [5.41, 5.74) is 3.03. The Labute approximate surface area is 169 Å². The maximum atomic E-state index is 10.5. The zero-order chi connectivity index (χ0) is 20.2. The Hall–Kier alpha value is -3.93. The van der Waals surface area contributed by atoms with Crippen LogP contribution in [0, 0.1) is 0 Å². The first-order chi connectivity index (χ1) is 14.2. The van der Waals surface area contributed by atoms with Crippen molar-refractivity contribution in [3.05, 3.63) is 90.6 Å². The molecule has 0 aromatic heterocycles. The summed E-state index contributed by atoms with van der Waals surface area (Å²) in [5.74, 6) is 1.60. The van der Waals surface area contributed by atoms with E-state index in [9.17, 15) is 5.11 Å². The Bertz CT molecular complexity index is 1060. The van der Waals surface area contributed by atoms with Crippen molar-refractivity contribution in [2.45, 2.75) is 0 Å². The van der Waals surface area contributed by atoms with Gasteiger partial charge in [0.1, 0.15) is 28.6 Å². The third-order valence-electron chi connectivity index (χ3n) is 4.60. The second-order valence-corrected chi connectivity index (χ2v) is 6.32. The number of aromatic hydroxyl groups is 1. The van der Waals surface area contributed by atoms with Crippen LogP contribution in [0.15, 0.2) is 90.2 Å². The molecule has 0 saturated heterocycles. The lowest BCUT2D eigenvalue weighted by Crippen LogP contribution is -2.38. The molecule has 3 aromatic carbocycles. The molecule has 1 heterocycles. The van der Waals surface area contributed by atoms with E-state index in [0.717, 1.165) is 22.7 Å². The normalized spacial score (nSPS) is 13.2. The number of phenolic OH excluding ortho intramolecular Hbond substituents is 1. The summed E-state index contributed by atoms with van der Waals surface area (Å²) >= 11 is 0. The lowest BCUT2D eigenvalue weighted by Gasteiger charge is -2.35. The van der Waals surface area contributed by atoms with Gasteiger partial charge in [0.05, 0.1) is 19.9 Å². The van der Waals surface area contributed by atoms with Crippen molar-refractivity contribution in [1.82, 2.24) is 0 Å². The van der Waals surface area contributed by atoms with E-state index in [-0.39, 0.29) is 5.75 Å². The molecule has 29 heavy (non-hydrogen) atoms. The van der Waals surface area contributed by atoms with E-state index in [1.165, 1.54) is 0 Å². The number of allylic oxidation sites excluding steroid dienone is 1. The molecule has 6 nitrogen and oxygen atoms in total.